The molecule has 0 amide bonds. The molecule has 0 bridgehead atoms. The van der Waals surface area contributed by atoms with Crippen molar-refractivity contribution < 1.29 is 17.9 Å². The van der Waals surface area contributed by atoms with Crippen LogP contribution in [0.15, 0.2) is 30.3 Å². The number of hydrogen-bond donors (Lipinski definition) is 0. The van der Waals surface area contributed by atoms with Crippen molar-refractivity contribution >= 4 is 0 Å². The largest absolute Gasteiger partial charge is 0.418 e. The molecule has 0 radical (unpaired) electrons. The fourth-order valence-electron chi connectivity index (χ4n) is 1.24. The molecule has 1 atom stereocenters. The van der Waals surface area contributed by atoms with Crippen molar-refractivity contribution in [2.75, 3.05) is 0 Å². The Hall–Kier alpha value is -1.03. The maximum absolute atomic E-state index is 12.6. The van der Waals surface area contributed by atoms with Crippen molar-refractivity contribution in [1.82, 2.24) is 0 Å². The van der Waals surface area contributed by atoms with Gasteiger partial charge in [0.1, 0.15) is 0 Å². The zero-order valence-corrected chi connectivity index (χ0v) is 8.58. The summed E-state index contributed by atoms with van der Waals surface area (Å²) in [5, 5.41) is 0. The first-order valence-electron chi connectivity index (χ1n) is 4.68. The van der Waals surface area contributed by atoms with Gasteiger partial charge in [0.05, 0.1) is 6.10 Å². The van der Waals surface area contributed by atoms with Crippen LogP contribution in [0, 0.1) is 0 Å². The lowest BCUT2D eigenvalue weighted by atomic mass is 10.1. The van der Waals surface area contributed by atoms with Crippen molar-refractivity contribution in [3.8, 4) is 0 Å². The number of ether oxygens (including phenoxy) is 1. The van der Waals surface area contributed by atoms with Crippen LogP contribution in [0.25, 0.3) is 0 Å². The molecule has 1 nitrogen and oxygen atoms in total. The first kappa shape index (κ1) is 12.0. The minimum absolute atomic E-state index is 0.138. The zero-order chi connectivity index (χ0) is 11.5. The third-order valence-electron chi connectivity index (χ3n) is 1.81. The lowest BCUT2D eigenvalue weighted by molar-refractivity contribution is -0.233. The van der Waals surface area contributed by atoms with Gasteiger partial charge in [0, 0.05) is 0 Å². The summed E-state index contributed by atoms with van der Waals surface area (Å²) in [4.78, 5) is 0. The van der Waals surface area contributed by atoms with Crippen molar-refractivity contribution in [3.63, 3.8) is 0 Å². The van der Waals surface area contributed by atoms with E-state index in [0.29, 0.717) is 0 Å². The number of rotatable bonds is 3. The number of alkyl halides is 3. The van der Waals surface area contributed by atoms with E-state index in [4.69, 9.17) is 4.74 Å². The third-order valence-corrected chi connectivity index (χ3v) is 1.81. The summed E-state index contributed by atoms with van der Waals surface area (Å²) in [6.45, 7) is 3.17. The second-order valence-electron chi connectivity index (χ2n) is 3.52. The Morgan fingerprint density at radius 2 is 1.60 bits per heavy atom. The molecule has 0 spiro atoms. The van der Waals surface area contributed by atoms with E-state index in [9.17, 15) is 13.2 Å². The van der Waals surface area contributed by atoms with Crippen LogP contribution in [0.2, 0.25) is 0 Å². The van der Waals surface area contributed by atoms with Crippen LogP contribution in [0.4, 0.5) is 13.2 Å². The summed E-state index contributed by atoms with van der Waals surface area (Å²) >= 11 is 0. The van der Waals surface area contributed by atoms with E-state index in [1.807, 2.05) is 0 Å². The molecule has 0 aromatic heterocycles. The maximum Gasteiger partial charge on any atom is 0.418 e. The van der Waals surface area contributed by atoms with Crippen molar-refractivity contribution in [1.29, 1.82) is 0 Å². The topological polar surface area (TPSA) is 9.23 Å². The van der Waals surface area contributed by atoms with E-state index < -0.39 is 18.4 Å². The van der Waals surface area contributed by atoms with Gasteiger partial charge in [0.25, 0.3) is 0 Å². The highest BCUT2D eigenvalue weighted by atomic mass is 19.4. The summed E-state index contributed by atoms with van der Waals surface area (Å²) < 4.78 is 42.8. The van der Waals surface area contributed by atoms with E-state index in [0.717, 1.165) is 0 Å². The minimum atomic E-state index is -4.37. The Labute approximate surface area is 86.9 Å². The van der Waals surface area contributed by atoms with Crippen LogP contribution in [0.3, 0.4) is 0 Å². The summed E-state index contributed by atoms with van der Waals surface area (Å²) in [6, 6.07) is 7.64. The standard InChI is InChI=1S/C11H13F3O/c1-8(2)15-10(11(12,13)14)9-6-4-3-5-7-9/h3-8,10H,1-2H3/t10-/m0/s1. The highest BCUT2D eigenvalue weighted by Crippen LogP contribution is 2.36. The van der Waals surface area contributed by atoms with E-state index in [-0.39, 0.29) is 5.56 Å². The fraction of sp³-hybridized carbons (Fsp3) is 0.455. The molecule has 0 fully saturated rings. The Kier molecular flexibility index (Phi) is 3.74. The molecule has 4 heteroatoms. The normalized spacial score (nSPS) is 14.3. The first-order chi connectivity index (χ1) is 6.91. The van der Waals surface area contributed by atoms with Gasteiger partial charge in [-0.05, 0) is 19.4 Å². The molecule has 0 aliphatic rings. The van der Waals surface area contributed by atoms with Gasteiger partial charge in [0.2, 0.25) is 0 Å². The second kappa shape index (κ2) is 4.66. The monoisotopic (exact) mass is 218 g/mol. The lowest BCUT2D eigenvalue weighted by Gasteiger charge is -2.23. The Morgan fingerprint density at radius 1 is 1.07 bits per heavy atom. The van der Waals surface area contributed by atoms with E-state index in [1.165, 1.54) is 12.1 Å². The Bertz CT molecular complexity index is 292. The van der Waals surface area contributed by atoms with E-state index in [2.05, 4.69) is 0 Å². The number of halogens is 3. The predicted molar refractivity (Wildman–Crippen MR) is 51.5 cm³/mol. The summed E-state index contributed by atoms with van der Waals surface area (Å²) in [7, 11) is 0. The molecular formula is C11H13F3O. The molecule has 84 valence electrons. The van der Waals surface area contributed by atoms with Gasteiger partial charge in [0.15, 0.2) is 6.10 Å². The highest BCUT2D eigenvalue weighted by molar-refractivity contribution is 5.18. The lowest BCUT2D eigenvalue weighted by Crippen LogP contribution is -2.26. The van der Waals surface area contributed by atoms with Gasteiger partial charge >= 0.3 is 6.18 Å². The summed E-state index contributed by atoms with van der Waals surface area (Å²) in [6.07, 6.45) is -6.67. The molecule has 0 unspecified atom stereocenters. The SMILES string of the molecule is CC(C)O[C@@H](c1ccccc1)C(F)(F)F. The fourth-order valence-corrected chi connectivity index (χ4v) is 1.24. The second-order valence-corrected chi connectivity index (χ2v) is 3.52. The molecular weight excluding hydrogens is 205 g/mol. The van der Waals surface area contributed by atoms with Gasteiger partial charge in [-0.25, -0.2) is 0 Å². The number of hydrogen-bond acceptors (Lipinski definition) is 1. The zero-order valence-electron chi connectivity index (χ0n) is 8.58. The van der Waals surface area contributed by atoms with Gasteiger partial charge in [-0.3, -0.25) is 0 Å². The quantitative estimate of drug-likeness (QED) is 0.751. The third kappa shape index (κ3) is 3.55. The molecule has 0 saturated heterocycles. The molecule has 0 heterocycles. The Morgan fingerprint density at radius 3 is 2.00 bits per heavy atom. The van der Waals surface area contributed by atoms with Gasteiger partial charge in [-0.15, -0.1) is 0 Å². The van der Waals surface area contributed by atoms with Crippen LogP contribution < -0.4 is 0 Å². The summed E-state index contributed by atoms with van der Waals surface area (Å²) in [5.41, 5.74) is 0.138. The molecule has 0 saturated carbocycles. The molecule has 1 rings (SSSR count). The van der Waals surface area contributed by atoms with E-state index >= 15 is 0 Å². The molecule has 0 aliphatic carbocycles. The smallest absolute Gasteiger partial charge is 0.361 e. The van der Waals surface area contributed by atoms with E-state index in [1.54, 1.807) is 32.0 Å². The molecule has 0 aliphatic heterocycles. The van der Waals surface area contributed by atoms with Crippen LogP contribution in [-0.2, 0) is 4.74 Å². The maximum atomic E-state index is 12.6. The average molecular weight is 218 g/mol. The van der Waals surface area contributed by atoms with Crippen molar-refractivity contribution in [2.24, 2.45) is 0 Å². The van der Waals surface area contributed by atoms with Gasteiger partial charge in [-0.2, -0.15) is 13.2 Å². The highest BCUT2D eigenvalue weighted by Gasteiger charge is 2.42. The Balaban J connectivity index is 2.92. The first-order valence-corrected chi connectivity index (χ1v) is 4.68. The van der Waals surface area contributed by atoms with Crippen molar-refractivity contribution in [3.05, 3.63) is 35.9 Å². The molecule has 0 N–H and O–H groups in total. The van der Waals surface area contributed by atoms with Crippen LogP contribution in [0.1, 0.15) is 25.5 Å². The molecule has 1 aromatic rings. The predicted octanol–water partition coefficient (Wildman–Crippen LogP) is 3.72. The van der Waals surface area contributed by atoms with Crippen LogP contribution >= 0.6 is 0 Å². The van der Waals surface area contributed by atoms with Crippen LogP contribution in [-0.4, -0.2) is 12.3 Å². The van der Waals surface area contributed by atoms with Crippen molar-refractivity contribution in [2.45, 2.75) is 32.2 Å². The average Bonchev–Trinajstić information content (AvgIpc) is 2.14. The van der Waals surface area contributed by atoms with Gasteiger partial charge < -0.3 is 4.74 Å². The number of benzene rings is 1. The minimum Gasteiger partial charge on any atom is -0.361 e. The van der Waals surface area contributed by atoms with Crippen LogP contribution in [0.5, 0.6) is 0 Å². The molecule has 15 heavy (non-hydrogen) atoms. The molecule has 1 aromatic carbocycles. The van der Waals surface area contributed by atoms with Gasteiger partial charge in [-0.1, -0.05) is 30.3 Å². The summed E-state index contributed by atoms with van der Waals surface area (Å²) in [5.74, 6) is 0.